The Labute approximate surface area is 167 Å². The van der Waals surface area contributed by atoms with Gasteiger partial charge in [-0.25, -0.2) is 0 Å². The summed E-state index contributed by atoms with van der Waals surface area (Å²) in [6, 6.07) is 6.29. The van der Waals surface area contributed by atoms with Gasteiger partial charge in [0.1, 0.15) is 0 Å². The molecule has 2 aliphatic carbocycles. The van der Waals surface area contributed by atoms with Crippen LogP contribution in [-0.2, 0) is 17.6 Å². The monoisotopic (exact) mass is 380 g/mol. The Hall–Kier alpha value is -1.81. The summed E-state index contributed by atoms with van der Waals surface area (Å²) in [7, 11) is 0. The fourth-order valence-corrected chi connectivity index (χ4v) is 5.32. The lowest BCUT2D eigenvalue weighted by Crippen LogP contribution is -2.32. The van der Waals surface area contributed by atoms with Gasteiger partial charge in [-0.2, -0.15) is 0 Å². The topological polar surface area (TPSA) is 45.3 Å². The van der Waals surface area contributed by atoms with Crippen molar-refractivity contribution in [2.45, 2.75) is 51.9 Å². The molecule has 1 unspecified atom stereocenters. The van der Waals surface area contributed by atoms with Crippen LogP contribution in [0.4, 0.5) is 0 Å². The van der Waals surface area contributed by atoms with Crippen LogP contribution in [0.15, 0.2) is 18.2 Å². The van der Waals surface area contributed by atoms with Crippen LogP contribution < -0.4 is 0 Å². The van der Waals surface area contributed by atoms with Crippen molar-refractivity contribution in [3.8, 4) is 0 Å². The SMILES string of the molecule is CCN(CC1CC1)C(=O)c1ccc2[nH]c3c(c2c1)CC(C1CCOCC1)CC3. The first kappa shape index (κ1) is 18.2. The van der Waals surface area contributed by atoms with Crippen LogP contribution >= 0.6 is 0 Å². The molecule has 1 aromatic carbocycles. The van der Waals surface area contributed by atoms with E-state index < -0.39 is 0 Å². The Balaban J connectivity index is 1.41. The van der Waals surface area contributed by atoms with Crippen LogP contribution in [0.2, 0.25) is 0 Å². The summed E-state index contributed by atoms with van der Waals surface area (Å²) in [6.07, 6.45) is 8.54. The van der Waals surface area contributed by atoms with E-state index >= 15 is 0 Å². The Morgan fingerprint density at radius 2 is 1.96 bits per heavy atom. The van der Waals surface area contributed by atoms with E-state index in [4.69, 9.17) is 4.74 Å². The summed E-state index contributed by atoms with van der Waals surface area (Å²) < 4.78 is 5.57. The maximum atomic E-state index is 13.1. The second-order valence-corrected chi connectivity index (χ2v) is 9.08. The number of ether oxygens (including phenoxy) is 1. The maximum absolute atomic E-state index is 13.1. The van der Waals surface area contributed by atoms with E-state index in [1.807, 2.05) is 11.0 Å². The Morgan fingerprint density at radius 3 is 2.71 bits per heavy atom. The number of aromatic amines is 1. The van der Waals surface area contributed by atoms with Gasteiger partial charge in [-0.05, 0) is 93.4 Å². The predicted molar refractivity (Wildman–Crippen MR) is 112 cm³/mol. The summed E-state index contributed by atoms with van der Waals surface area (Å²) in [5.41, 5.74) is 4.91. The van der Waals surface area contributed by atoms with Gasteiger partial charge in [0.05, 0.1) is 0 Å². The standard InChI is InChI=1S/C24H32N2O2/c1-2-26(15-16-3-4-16)24(27)19-6-8-23-21(14-19)20-13-18(5-7-22(20)25-23)17-9-11-28-12-10-17/h6,8,14,16-18,25H,2-5,7,9-13,15H2,1H3. The number of amides is 1. The third kappa shape index (κ3) is 3.47. The Kier molecular flexibility index (Phi) is 4.92. The first-order chi connectivity index (χ1) is 13.7. The van der Waals surface area contributed by atoms with Gasteiger partial charge < -0.3 is 14.6 Å². The molecule has 1 saturated heterocycles. The van der Waals surface area contributed by atoms with Crippen molar-refractivity contribution < 1.29 is 9.53 Å². The van der Waals surface area contributed by atoms with Gasteiger partial charge in [-0.1, -0.05) is 0 Å². The van der Waals surface area contributed by atoms with Crippen LogP contribution in [0.3, 0.4) is 0 Å². The van der Waals surface area contributed by atoms with E-state index in [1.54, 1.807) is 0 Å². The highest BCUT2D eigenvalue weighted by molar-refractivity contribution is 5.99. The number of H-pyrrole nitrogens is 1. The first-order valence-electron chi connectivity index (χ1n) is 11.2. The molecular weight excluding hydrogens is 348 g/mol. The first-order valence-corrected chi connectivity index (χ1v) is 11.2. The van der Waals surface area contributed by atoms with Gasteiger partial charge >= 0.3 is 0 Å². The van der Waals surface area contributed by atoms with Gasteiger partial charge in [0.15, 0.2) is 0 Å². The van der Waals surface area contributed by atoms with E-state index in [0.717, 1.165) is 62.5 Å². The lowest BCUT2D eigenvalue weighted by atomic mass is 9.75. The van der Waals surface area contributed by atoms with Crippen molar-refractivity contribution in [3.05, 3.63) is 35.0 Å². The number of carbonyl (C=O) groups excluding carboxylic acids is 1. The second-order valence-electron chi connectivity index (χ2n) is 9.08. The molecule has 1 atom stereocenters. The number of aryl methyl sites for hydroxylation is 1. The van der Waals surface area contributed by atoms with E-state index in [1.165, 1.54) is 54.3 Å². The number of nitrogens with one attached hydrogen (secondary N) is 1. The lowest BCUT2D eigenvalue weighted by molar-refractivity contribution is 0.0439. The van der Waals surface area contributed by atoms with Crippen LogP contribution in [-0.4, -0.2) is 42.1 Å². The molecule has 0 radical (unpaired) electrons. The molecule has 0 spiro atoms. The number of benzene rings is 1. The quantitative estimate of drug-likeness (QED) is 0.826. The van der Waals surface area contributed by atoms with Crippen molar-refractivity contribution in [1.29, 1.82) is 0 Å². The molecule has 0 bridgehead atoms. The summed E-state index contributed by atoms with van der Waals surface area (Å²) in [5, 5.41) is 1.28. The molecular formula is C24H32N2O2. The minimum atomic E-state index is 0.197. The van der Waals surface area contributed by atoms with Crippen LogP contribution in [0, 0.1) is 17.8 Å². The molecule has 1 aromatic heterocycles. The highest BCUT2D eigenvalue weighted by Gasteiger charge is 2.30. The molecule has 1 saturated carbocycles. The van der Waals surface area contributed by atoms with Gasteiger partial charge in [0, 0.05) is 48.5 Å². The molecule has 2 heterocycles. The van der Waals surface area contributed by atoms with Gasteiger partial charge in [-0.3, -0.25) is 4.79 Å². The zero-order valence-corrected chi connectivity index (χ0v) is 17.0. The number of nitrogens with zero attached hydrogens (tertiary/aromatic N) is 1. The minimum Gasteiger partial charge on any atom is -0.381 e. The van der Waals surface area contributed by atoms with Crippen LogP contribution in [0.5, 0.6) is 0 Å². The maximum Gasteiger partial charge on any atom is 0.253 e. The molecule has 4 nitrogen and oxygen atoms in total. The van der Waals surface area contributed by atoms with Crippen molar-refractivity contribution in [2.24, 2.45) is 17.8 Å². The smallest absolute Gasteiger partial charge is 0.253 e. The fraction of sp³-hybridized carbons (Fsp3) is 0.625. The minimum absolute atomic E-state index is 0.197. The van der Waals surface area contributed by atoms with E-state index in [2.05, 4.69) is 24.0 Å². The van der Waals surface area contributed by atoms with Gasteiger partial charge in [-0.15, -0.1) is 0 Å². The Morgan fingerprint density at radius 1 is 1.14 bits per heavy atom. The number of aromatic nitrogens is 1. The fourth-order valence-electron chi connectivity index (χ4n) is 5.32. The number of hydrogen-bond acceptors (Lipinski definition) is 2. The zero-order valence-electron chi connectivity index (χ0n) is 17.0. The molecule has 4 heteroatoms. The van der Waals surface area contributed by atoms with Crippen molar-refractivity contribution in [3.63, 3.8) is 0 Å². The van der Waals surface area contributed by atoms with Crippen molar-refractivity contribution in [1.82, 2.24) is 9.88 Å². The Bertz CT molecular complexity index is 861. The van der Waals surface area contributed by atoms with Gasteiger partial charge in [0.2, 0.25) is 0 Å². The molecule has 2 aromatic rings. The zero-order chi connectivity index (χ0) is 19.1. The summed E-state index contributed by atoms with van der Waals surface area (Å²) in [5.74, 6) is 2.48. The third-order valence-corrected chi connectivity index (χ3v) is 7.25. The molecule has 2 fully saturated rings. The molecule has 28 heavy (non-hydrogen) atoms. The lowest BCUT2D eigenvalue weighted by Gasteiger charge is -2.33. The van der Waals surface area contributed by atoms with Crippen LogP contribution in [0.1, 0.15) is 60.6 Å². The molecule has 3 aliphatic rings. The van der Waals surface area contributed by atoms with Crippen molar-refractivity contribution in [2.75, 3.05) is 26.3 Å². The molecule has 150 valence electrons. The average molecular weight is 381 g/mol. The number of rotatable bonds is 5. The molecule has 1 N–H and O–H groups in total. The summed E-state index contributed by atoms with van der Waals surface area (Å²) in [6.45, 7) is 5.66. The van der Waals surface area contributed by atoms with Crippen LogP contribution in [0.25, 0.3) is 10.9 Å². The molecule has 1 aliphatic heterocycles. The normalized spacial score (nSPS) is 23.0. The van der Waals surface area contributed by atoms with Gasteiger partial charge in [0.25, 0.3) is 5.91 Å². The van der Waals surface area contributed by atoms with E-state index in [9.17, 15) is 4.79 Å². The van der Waals surface area contributed by atoms with Crippen molar-refractivity contribution >= 4 is 16.8 Å². The molecule has 1 amide bonds. The predicted octanol–water partition coefficient (Wildman–Crippen LogP) is 4.57. The largest absolute Gasteiger partial charge is 0.381 e. The molecule has 5 rings (SSSR count). The third-order valence-electron chi connectivity index (χ3n) is 7.25. The number of carbonyl (C=O) groups is 1. The average Bonchev–Trinajstić information content (AvgIpc) is 3.50. The van der Waals surface area contributed by atoms with E-state index in [0.29, 0.717) is 0 Å². The number of hydrogen-bond donors (Lipinski definition) is 1. The highest BCUT2D eigenvalue weighted by Crippen LogP contribution is 2.38. The highest BCUT2D eigenvalue weighted by atomic mass is 16.5. The van der Waals surface area contributed by atoms with E-state index in [-0.39, 0.29) is 5.91 Å². The number of fused-ring (bicyclic) bond motifs is 3. The summed E-state index contributed by atoms with van der Waals surface area (Å²) in [4.78, 5) is 18.8. The second kappa shape index (κ2) is 7.55. The summed E-state index contributed by atoms with van der Waals surface area (Å²) >= 11 is 0.